The number of imide groups is 1. The molecule has 2 heterocycles. The van der Waals surface area contributed by atoms with Gasteiger partial charge < -0.3 is 9.47 Å². The highest BCUT2D eigenvalue weighted by Gasteiger charge is 2.31. The van der Waals surface area contributed by atoms with Gasteiger partial charge >= 0.3 is 5.97 Å². The number of pyridine rings is 1. The normalized spacial score (nSPS) is 16.3. The summed E-state index contributed by atoms with van der Waals surface area (Å²) in [6, 6.07) is 11.1. The van der Waals surface area contributed by atoms with Crippen molar-refractivity contribution in [3.63, 3.8) is 0 Å². The zero-order valence-electron chi connectivity index (χ0n) is 16.7. The summed E-state index contributed by atoms with van der Waals surface area (Å²) < 4.78 is 10.6. The van der Waals surface area contributed by atoms with Crippen molar-refractivity contribution in [2.24, 2.45) is 0 Å². The predicted octanol–water partition coefficient (Wildman–Crippen LogP) is 3.17. The van der Waals surface area contributed by atoms with Crippen LogP contribution in [-0.2, 0) is 27.2 Å². The van der Waals surface area contributed by atoms with E-state index in [4.69, 9.17) is 9.47 Å². The van der Waals surface area contributed by atoms with Gasteiger partial charge in [0, 0.05) is 17.8 Å². The van der Waals surface area contributed by atoms with Gasteiger partial charge in [-0.15, -0.1) is 0 Å². The van der Waals surface area contributed by atoms with Gasteiger partial charge in [-0.3, -0.25) is 19.9 Å². The first kappa shape index (κ1) is 21.6. The topological polar surface area (TPSA) is 94.6 Å². The minimum atomic E-state index is -0.479. The van der Waals surface area contributed by atoms with Crippen LogP contribution < -0.4 is 10.1 Å². The predicted molar refractivity (Wildman–Crippen MR) is 114 cm³/mol. The highest BCUT2D eigenvalue weighted by atomic mass is 32.2. The summed E-state index contributed by atoms with van der Waals surface area (Å²) in [4.78, 5) is 39.1. The van der Waals surface area contributed by atoms with Gasteiger partial charge in [-0.2, -0.15) is 0 Å². The summed E-state index contributed by atoms with van der Waals surface area (Å²) in [6.45, 7) is 2.19. The van der Waals surface area contributed by atoms with Gasteiger partial charge in [0.2, 0.25) is 5.91 Å². The third kappa shape index (κ3) is 5.70. The Morgan fingerprint density at radius 2 is 1.90 bits per heavy atom. The lowest BCUT2D eigenvalue weighted by atomic mass is 10.1. The highest BCUT2D eigenvalue weighted by molar-refractivity contribution is 8.15. The Morgan fingerprint density at radius 3 is 2.47 bits per heavy atom. The second kappa shape index (κ2) is 10.1. The van der Waals surface area contributed by atoms with Crippen molar-refractivity contribution >= 4 is 34.5 Å². The molecular weight excluding hydrogens is 404 g/mol. The van der Waals surface area contributed by atoms with Gasteiger partial charge in [0.25, 0.3) is 5.24 Å². The minimum Gasteiger partial charge on any atom is -0.489 e. The van der Waals surface area contributed by atoms with E-state index < -0.39 is 11.2 Å². The summed E-state index contributed by atoms with van der Waals surface area (Å²) in [7, 11) is 1.32. The van der Waals surface area contributed by atoms with Crippen molar-refractivity contribution in [1.82, 2.24) is 10.3 Å². The zero-order chi connectivity index (χ0) is 21.5. The van der Waals surface area contributed by atoms with Crippen LogP contribution in [0.2, 0.25) is 0 Å². The van der Waals surface area contributed by atoms with Crippen LogP contribution in [0.1, 0.15) is 23.7 Å². The van der Waals surface area contributed by atoms with E-state index in [1.165, 1.54) is 13.2 Å². The Kier molecular flexibility index (Phi) is 7.24. The van der Waals surface area contributed by atoms with E-state index >= 15 is 0 Å². The molecule has 0 bridgehead atoms. The molecule has 1 aliphatic heterocycles. The molecular formula is C22H22N2O5S. The van der Waals surface area contributed by atoms with Crippen LogP contribution in [0.15, 0.2) is 48.7 Å². The number of hydrogen-bond acceptors (Lipinski definition) is 7. The zero-order valence-corrected chi connectivity index (χ0v) is 17.5. The van der Waals surface area contributed by atoms with Crippen LogP contribution in [0.4, 0.5) is 4.79 Å². The fraction of sp³-hybridized carbons (Fsp3) is 0.273. The maximum Gasteiger partial charge on any atom is 0.330 e. The number of ether oxygens (including phenoxy) is 2. The van der Waals surface area contributed by atoms with Crippen molar-refractivity contribution in [2.75, 3.05) is 13.7 Å². The summed E-state index contributed by atoms with van der Waals surface area (Å²) in [5.41, 5.74) is 3.27. The molecule has 0 radical (unpaired) electrons. The van der Waals surface area contributed by atoms with E-state index in [-0.39, 0.29) is 17.8 Å². The number of amides is 2. The van der Waals surface area contributed by atoms with Gasteiger partial charge in [0.05, 0.1) is 18.1 Å². The number of carbonyl (C=O) groups is 3. The van der Waals surface area contributed by atoms with E-state index in [0.717, 1.165) is 29.3 Å². The van der Waals surface area contributed by atoms with E-state index in [1.807, 2.05) is 31.2 Å². The van der Waals surface area contributed by atoms with Crippen molar-refractivity contribution in [2.45, 2.75) is 25.0 Å². The maximum absolute atomic E-state index is 11.7. The molecule has 1 aliphatic rings. The Morgan fingerprint density at radius 1 is 1.17 bits per heavy atom. The Hall–Kier alpha value is -3.13. The van der Waals surface area contributed by atoms with Crippen LogP contribution >= 0.6 is 11.8 Å². The Labute approximate surface area is 178 Å². The molecule has 1 saturated heterocycles. The van der Waals surface area contributed by atoms with Crippen molar-refractivity contribution in [3.8, 4) is 5.75 Å². The Bertz CT molecular complexity index is 954. The highest BCUT2D eigenvalue weighted by Crippen LogP contribution is 2.24. The quantitative estimate of drug-likeness (QED) is 0.512. The third-order valence-corrected chi connectivity index (χ3v) is 5.54. The van der Waals surface area contributed by atoms with E-state index in [9.17, 15) is 14.4 Å². The summed E-state index contributed by atoms with van der Waals surface area (Å²) in [5, 5.41) is 1.57. The molecule has 7 nitrogen and oxygen atoms in total. The molecule has 1 unspecified atom stereocenters. The number of thioether (sulfide) groups is 1. The summed E-state index contributed by atoms with van der Waals surface area (Å²) in [5.74, 6) is -0.129. The molecule has 0 aliphatic carbocycles. The van der Waals surface area contributed by atoms with Crippen LogP contribution in [0.25, 0.3) is 5.57 Å². The molecule has 1 aromatic carbocycles. The average Bonchev–Trinajstić information content (AvgIpc) is 3.08. The maximum atomic E-state index is 11.7. The fourth-order valence-corrected chi connectivity index (χ4v) is 3.70. The molecule has 2 aromatic rings. The van der Waals surface area contributed by atoms with Gasteiger partial charge in [-0.1, -0.05) is 36.9 Å². The van der Waals surface area contributed by atoms with Crippen molar-refractivity contribution < 1.29 is 23.9 Å². The first-order valence-electron chi connectivity index (χ1n) is 9.45. The molecule has 1 aromatic heterocycles. The number of aromatic nitrogens is 1. The summed E-state index contributed by atoms with van der Waals surface area (Å²) in [6.07, 6.45) is 4.48. The monoisotopic (exact) mass is 426 g/mol. The number of methoxy groups -OCH3 is 1. The van der Waals surface area contributed by atoms with E-state index in [2.05, 4.69) is 10.3 Å². The molecule has 1 atom stereocenters. The number of carbonyl (C=O) groups excluding carboxylic acids is 3. The number of hydrogen-bond donors (Lipinski definition) is 1. The number of nitrogens with zero attached hydrogens (tertiary/aromatic N) is 1. The van der Waals surface area contributed by atoms with Gasteiger partial charge in [0.1, 0.15) is 12.4 Å². The number of esters is 1. The molecule has 8 heteroatoms. The smallest absolute Gasteiger partial charge is 0.330 e. The van der Waals surface area contributed by atoms with Crippen LogP contribution in [-0.4, -0.2) is 41.1 Å². The molecule has 0 spiro atoms. The summed E-state index contributed by atoms with van der Waals surface area (Å²) >= 11 is 1.01. The standard InChI is InChI=1S/C22H22N2O5S/c1-3-14-6-9-18(23-12-14)16(11-20(25)28-2)13-29-17-7-4-15(5-8-17)10-19-21(26)24-22(27)30-19/h4-9,11-12,19H,3,10,13H2,1-2H3,(H,24,26,27). The number of benzene rings is 1. The number of rotatable bonds is 8. The van der Waals surface area contributed by atoms with Gasteiger partial charge in [0.15, 0.2) is 0 Å². The van der Waals surface area contributed by atoms with Crippen LogP contribution in [0, 0.1) is 0 Å². The minimum absolute atomic E-state index is 0.141. The third-order valence-electron chi connectivity index (χ3n) is 4.56. The second-order valence-electron chi connectivity index (χ2n) is 6.62. The SMILES string of the molecule is CCc1ccc(C(=CC(=O)OC)COc2ccc(CC3SC(=O)NC3=O)cc2)nc1. The molecule has 1 fully saturated rings. The molecule has 156 valence electrons. The lowest BCUT2D eigenvalue weighted by Crippen LogP contribution is -2.25. The lowest BCUT2D eigenvalue weighted by Gasteiger charge is -2.11. The average molecular weight is 426 g/mol. The molecule has 3 rings (SSSR count). The van der Waals surface area contributed by atoms with Crippen LogP contribution in [0.5, 0.6) is 5.75 Å². The largest absolute Gasteiger partial charge is 0.489 e. The van der Waals surface area contributed by atoms with Crippen LogP contribution in [0.3, 0.4) is 0 Å². The van der Waals surface area contributed by atoms with Gasteiger partial charge in [-0.25, -0.2) is 4.79 Å². The molecule has 0 saturated carbocycles. The molecule has 30 heavy (non-hydrogen) atoms. The fourth-order valence-electron chi connectivity index (χ4n) is 2.84. The first-order valence-corrected chi connectivity index (χ1v) is 10.3. The molecule has 1 N–H and O–H groups in total. The van der Waals surface area contributed by atoms with E-state index in [1.54, 1.807) is 18.3 Å². The number of nitrogens with one attached hydrogen (secondary N) is 1. The molecule has 2 amide bonds. The Balaban J connectivity index is 1.66. The van der Waals surface area contributed by atoms with E-state index in [0.29, 0.717) is 23.4 Å². The first-order chi connectivity index (χ1) is 14.5. The second-order valence-corrected chi connectivity index (χ2v) is 7.79. The van der Waals surface area contributed by atoms with Crippen molar-refractivity contribution in [3.05, 3.63) is 65.5 Å². The number of aryl methyl sites for hydroxylation is 1. The van der Waals surface area contributed by atoms with Gasteiger partial charge in [-0.05, 0) is 42.2 Å². The lowest BCUT2D eigenvalue weighted by molar-refractivity contribution is -0.134. The van der Waals surface area contributed by atoms with Crippen molar-refractivity contribution in [1.29, 1.82) is 0 Å².